The number of nitrogens with one attached hydrogen (secondary N) is 1. The van der Waals surface area contributed by atoms with Crippen LogP contribution in [0.3, 0.4) is 0 Å². The highest BCUT2D eigenvalue weighted by Crippen LogP contribution is 2.37. The number of nitrogens with zero attached hydrogens (tertiary/aromatic N) is 1. The second kappa shape index (κ2) is 6.83. The fraction of sp³-hybridized carbons (Fsp3) is 0.684. The Morgan fingerprint density at radius 3 is 2.33 bits per heavy atom. The van der Waals surface area contributed by atoms with E-state index in [1.807, 2.05) is 0 Å². The molecule has 118 valence electrons. The van der Waals surface area contributed by atoms with E-state index >= 15 is 0 Å². The summed E-state index contributed by atoms with van der Waals surface area (Å²) in [6.07, 6.45) is 3.76. The molecule has 0 spiro atoms. The van der Waals surface area contributed by atoms with Crippen molar-refractivity contribution in [3.05, 3.63) is 29.8 Å². The standard InChI is InChI=1S/C19H32N2/c1-6-17(20-5)16-9-7-8-10-18(16)21-13-11-15(12-14-21)19(2,3)4/h7-10,15,17,20H,6,11-14H2,1-5H3. The van der Waals surface area contributed by atoms with Crippen molar-refractivity contribution in [1.82, 2.24) is 5.32 Å². The maximum atomic E-state index is 3.45. The van der Waals surface area contributed by atoms with Gasteiger partial charge in [-0.3, -0.25) is 0 Å². The lowest BCUT2D eigenvalue weighted by molar-refractivity contribution is 0.199. The molecule has 0 aliphatic carbocycles. The molecule has 2 nitrogen and oxygen atoms in total. The number of hydrogen-bond donors (Lipinski definition) is 1. The van der Waals surface area contributed by atoms with Gasteiger partial charge in [-0.15, -0.1) is 0 Å². The first-order chi connectivity index (χ1) is 9.97. The first-order valence-electron chi connectivity index (χ1n) is 8.48. The Morgan fingerprint density at radius 2 is 1.81 bits per heavy atom. The van der Waals surface area contributed by atoms with Crippen LogP contribution in [0.1, 0.15) is 58.6 Å². The lowest BCUT2D eigenvalue weighted by Gasteiger charge is -2.40. The highest BCUT2D eigenvalue weighted by molar-refractivity contribution is 5.55. The average Bonchev–Trinajstić information content (AvgIpc) is 2.48. The topological polar surface area (TPSA) is 15.3 Å². The summed E-state index contributed by atoms with van der Waals surface area (Å²) in [5.74, 6) is 0.854. The second-order valence-electron chi connectivity index (χ2n) is 7.44. The molecule has 1 aromatic carbocycles. The molecule has 1 saturated heterocycles. The molecule has 0 saturated carbocycles. The number of piperidine rings is 1. The smallest absolute Gasteiger partial charge is 0.0414 e. The minimum absolute atomic E-state index is 0.447. The second-order valence-corrected chi connectivity index (χ2v) is 7.44. The van der Waals surface area contributed by atoms with Gasteiger partial charge in [0.15, 0.2) is 0 Å². The third-order valence-corrected chi connectivity index (χ3v) is 5.13. The zero-order valence-corrected chi connectivity index (χ0v) is 14.4. The summed E-state index contributed by atoms with van der Waals surface area (Å²) in [4.78, 5) is 2.59. The lowest BCUT2D eigenvalue weighted by Crippen LogP contribution is -2.38. The molecule has 1 heterocycles. The average molecular weight is 288 g/mol. The van der Waals surface area contributed by atoms with Crippen molar-refractivity contribution in [3.8, 4) is 0 Å². The molecular formula is C19H32N2. The largest absolute Gasteiger partial charge is 0.371 e. The van der Waals surface area contributed by atoms with Crippen molar-refractivity contribution in [2.24, 2.45) is 11.3 Å². The Morgan fingerprint density at radius 1 is 1.19 bits per heavy atom. The summed E-state index contributed by atoms with van der Waals surface area (Å²) >= 11 is 0. The number of hydrogen-bond acceptors (Lipinski definition) is 2. The molecule has 1 aliphatic heterocycles. The van der Waals surface area contributed by atoms with Crippen LogP contribution >= 0.6 is 0 Å². The molecule has 1 aliphatic rings. The van der Waals surface area contributed by atoms with Crippen LogP contribution in [0, 0.1) is 11.3 Å². The van der Waals surface area contributed by atoms with Gasteiger partial charge in [-0.05, 0) is 49.3 Å². The van der Waals surface area contributed by atoms with E-state index in [0.29, 0.717) is 11.5 Å². The Labute approximate surface area is 130 Å². The van der Waals surface area contributed by atoms with Gasteiger partial charge >= 0.3 is 0 Å². The first-order valence-corrected chi connectivity index (χ1v) is 8.48. The van der Waals surface area contributed by atoms with Gasteiger partial charge in [0.2, 0.25) is 0 Å². The quantitative estimate of drug-likeness (QED) is 0.869. The third-order valence-electron chi connectivity index (χ3n) is 5.13. The molecule has 2 rings (SSSR count). The van der Waals surface area contributed by atoms with E-state index in [-0.39, 0.29) is 0 Å². The molecule has 0 radical (unpaired) electrons. The van der Waals surface area contributed by atoms with E-state index in [1.165, 1.54) is 37.2 Å². The highest BCUT2D eigenvalue weighted by Gasteiger charge is 2.29. The van der Waals surface area contributed by atoms with Crippen LogP contribution in [0.2, 0.25) is 0 Å². The Kier molecular flexibility index (Phi) is 5.32. The minimum atomic E-state index is 0.447. The fourth-order valence-corrected chi connectivity index (χ4v) is 3.64. The van der Waals surface area contributed by atoms with Crippen LogP contribution in [0.4, 0.5) is 5.69 Å². The van der Waals surface area contributed by atoms with E-state index in [4.69, 9.17) is 0 Å². The molecule has 1 fully saturated rings. The van der Waals surface area contributed by atoms with Gasteiger partial charge in [0.25, 0.3) is 0 Å². The Balaban J connectivity index is 2.14. The summed E-state index contributed by atoms with van der Waals surface area (Å²) in [6, 6.07) is 9.39. The monoisotopic (exact) mass is 288 g/mol. The summed E-state index contributed by atoms with van der Waals surface area (Å²) < 4.78 is 0. The molecule has 0 aromatic heterocycles. The summed E-state index contributed by atoms with van der Waals surface area (Å²) in [5, 5.41) is 3.45. The summed E-state index contributed by atoms with van der Waals surface area (Å²) in [6.45, 7) is 11.8. The fourth-order valence-electron chi connectivity index (χ4n) is 3.64. The van der Waals surface area contributed by atoms with Crippen LogP contribution in [0.5, 0.6) is 0 Å². The van der Waals surface area contributed by atoms with Gasteiger partial charge in [0.05, 0.1) is 0 Å². The van der Waals surface area contributed by atoms with E-state index in [1.54, 1.807) is 0 Å². The maximum Gasteiger partial charge on any atom is 0.0414 e. The van der Waals surface area contributed by atoms with Gasteiger partial charge in [-0.1, -0.05) is 45.9 Å². The highest BCUT2D eigenvalue weighted by atomic mass is 15.1. The van der Waals surface area contributed by atoms with Crippen molar-refractivity contribution >= 4 is 5.69 Å². The first kappa shape index (κ1) is 16.4. The number of benzene rings is 1. The van der Waals surface area contributed by atoms with Crippen molar-refractivity contribution in [2.45, 2.75) is 53.0 Å². The summed E-state index contributed by atoms with van der Waals surface area (Å²) in [5.41, 5.74) is 3.34. The molecular weight excluding hydrogens is 256 g/mol. The SMILES string of the molecule is CCC(NC)c1ccccc1N1CCC(C(C)(C)C)CC1. The molecule has 0 bridgehead atoms. The normalized spacial score (nSPS) is 18.8. The van der Waals surface area contributed by atoms with E-state index in [2.05, 4.69) is 69.2 Å². The number of rotatable bonds is 4. The lowest BCUT2D eigenvalue weighted by atomic mass is 9.75. The van der Waals surface area contributed by atoms with Crippen molar-refractivity contribution in [1.29, 1.82) is 0 Å². The molecule has 1 atom stereocenters. The van der Waals surface area contributed by atoms with E-state index in [9.17, 15) is 0 Å². The van der Waals surface area contributed by atoms with Crippen LogP contribution < -0.4 is 10.2 Å². The number of anilines is 1. The van der Waals surface area contributed by atoms with Crippen molar-refractivity contribution < 1.29 is 0 Å². The molecule has 21 heavy (non-hydrogen) atoms. The van der Waals surface area contributed by atoms with Gasteiger partial charge in [-0.25, -0.2) is 0 Å². The van der Waals surface area contributed by atoms with Gasteiger partial charge in [-0.2, -0.15) is 0 Å². The van der Waals surface area contributed by atoms with E-state index < -0.39 is 0 Å². The molecule has 1 aromatic rings. The predicted molar refractivity (Wildman–Crippen MR) is 92.9 cm³/mol. The van der Waals surface area contributed by atoms with Crippen LogP contribution in [0.15, 0.2) is 24.3 Å². The summed E-state index contributed by atoms with van der Waals surface area (Å²) in [7, 11) is 2.07. The van der Waals surface area contributed by atoms with Gasteiger partial charge < -0.3 is 10.2 Å². The van der Waals surface area contributed by atoms with Crippen LogP contribution in [0.25, 0.3) is 0 Å². The third kappa shape index (κ3) is 3.79. The van der Waals surface area contributed by atoms with E-state index in [0.717, 1.165) is 12.3 Å². The minimum Gasteiger partial charge on any atom is -0.371 e. The van der Waals surface area contributed by atoms with Gasteiger partial charge in [0, 0.05) is 24.8 Å². The van der Waals surface area contributed by atoms with Crippen LogP contribution in [-0.2, 0) is 0 Å². The van der Waals surface area contributed by atoms with Crippen LogP contribution in [-0.4, -0.2) is 20.1 Å². The Hall–Kier alpha value is -1.02. The molecule has 1 unspecified atom stereocenters. The molecule has 0 amide bonds. The number of para-hydroxylation sites is 1. The molecule has 2 heteroatoms. The predicted octanol–water partition coefficient (Wildman–Crippen LogP) is 4.62. The molecule has 1 N–H and O–H groups in total. The van der Waals surface area contributed by atoms with Crippen molar-refractivity contribution in [2.75, 3.05) is 25.0 Å². The van der Waals surface area contributed by atoms with Gasteiger partial charge in [0.1, 0.15) is 0 Å². The van der Waals surface area contributed by atoms with Crippen molar-refractivity contribution in [3.63, 3.8) is 0 Å². The Bertz CT molecular complexity index is 435. The maximum absolute atomic E-state index is 3.45. The zero-order chi connectivity index (χ0) is 15.5. The zero-order valence-electron chi connectivity index (χ0n) is 14.4.